The van der Waals surface area contributed by atoms with E-state index in [9.17, 15) is 4.79 Å². The van der Waals surface area contributed by atoms with E-state index in [2.05, 4.69) is 17.6 Å². The van der Waals surface area contributed by atoms with Gasteiger partial charge in [0.15, 0.2) is 0 Å². The Labute approximate surface area is 93.0 Å². The Bertz CT molecular complexity index is 187. The van der Waals surface area contributed by atoms with Gasteiger partial charge in [-0.15, -0.1) is 0 Å². The summed E-state index contributed by atoms with van der Waals surface area (Å²) >= 11 is 0. The third-order valence-corrected chi connectivity index (χ3v) is 2.01. The van der Waals surface area contributed by atoms with Gasteiger partial charge in [0.1, 0.15) is 0 Å². The topological polar surface area (TPSA) is 67.1 Å². The van der Waals surface area contributed by atoms with Crippen LogP contribution in [0.3, 0.4) is 0 Å². The van der Waals surface area contributed by atoms with E-state index in [1.807, 2.05) is 20.8 Å². The third kappa shape index (κ3) is 8.24. The Balaban J connectivity index is 3.91. The van der Waals surface area contributed by atoms with Crippen molar-refractivity contribution in [1.29, 1.82) is 0 Å². The van der Waals surface area contributed by atoms with Crippen LogP contribution in [-0.2, 0) is 0 Å². The normalized spacial score (nSPS) is 13.4. The molecule has 0 saturated heterocycles. The Hall–Kier alpha value is -0.770. The Morgan fingerprint density at radius 1 is 1.40 bits per heavy atom. The van der Waals surface area contributed by atoms with Gasteiger partial charge in [0.2, 0.25) is 0 Å². The van der Waals surface area contributed by atoms with Gasteiger partial charge in [0, 0.05) is 18.1 Å². The predicted molar refractivity (Wildman–Crippen MR) is 63.8 cm³/mol. The maximum atomic E-state index is 11.5. The number of hydrogen-bond donors (Lipinski definition) is 3. The van der Waals surface area contributed by atoms with Crippen LogP contribution in [0.4, 0.5) is 4.79 Å². The second kappa shape index (κ2) is 6.67. The molecule has 4 nitrogen and oxygen atoms in total. The van der Waals surface area contributed by atoms with Crippen LogP contribution in [0.5, 0.6) is 0 Å². The molecule has 0 aromatic carbocycles. The van der Waals surface area contributed by atoms with Crippen molar-refractivity contribution in [3.8, 4) is 0 Å². The van der Waals surface area contributed by atoms with E-state index in [1.165, 1.54) is 0 Å². The summed E-state index contributed by atoms with van der Waals surface area (Å²) in [5.74, 6) is 0. The standard InChI is InChI=1S/C11H25N3O/c1-5-6-7-9(8-12)13-10(15)14-11(2,3)4/h9H,5-8,12H2,1-4H3,(H2,13,14,15). The molecule has 15 heavy (non-hydrogen) atoms. The molecule has 0 fully saturated rings. The minimum absolute atomic E-state index is 0.0901. The van der Waals surface area contributed by atoms with Crippen LogP contribution >= 0.6 is 0 Å². The number of carbonyl (C=O) groups excluding carboxylic acids is 1. The van der Waals surface area contributed by atoms with Crippen LogP contribution < -0.4 is 16.4 Å². The molecule has 4 heteroatoms. The zero-order valence-electron chi connectivity index (χ0n) is 10.4. The largest absolute Gasteiger partial charge is 0.334 e. The molecule has 2 amide bonds. The van der Waals surface area contributed by atoms with Gasteiger partial charge >= 0.3 is 6.03 Å². The number of urea groups is 1. The van der Waals surface area contributed by atoms with E-state index >= 15 is 0 Å². The van der Waals surface area contributed by atoms with Crippen molar-refractivity contribution in [2.75, 3.05) is 6.54 Å². The summed E-state index contributed by atoms with van der Waals surface area (Å²) in [5, 5.41) is 5.74. The van der Waals surface area contributed by atoms with E-state index in [1.54, 1.807) is 0 Å². The molecular weight excluding hydrogens is 190 g/mol. The number of unbranched alkanes of at least 4 members (excludes halogenated alkanes) is 1. The fraction of sp³-hybridized carbons (Fsp3) is 0.909. The van der Waals surface area contributed by atoms with Gasteiger partial charge in [0.25, 0.3) is 0 Å². The summed E-state index contributed by atoms with van der Waals surface area (Å²) in [6.45, 7) is 8.49. The molecule has 0 rings (SSSR count). The zero-order chi connectivity index (χ0) is 11.9. The van der Waals surface area contributed by atoms with Gasteiger partial charge in [-0.25, -0.2) is 4.79 Å². The highest BCUT2D eigenvalue weighted by Crippen LogP contribution is 2.01. The summed E-state index contributed by atoms with van der Waals surface area (Å²) in [6, 6.07) is -0.0404. The molecule has 4 N–H and O–H groups in total. The quantitative estimate of drug-likeness (QED) is 0.652. The van der Waals surface area contributed by atoms with Crippen molar-refractivity contribution in [2.24, 2.45) is 5.73 Å². The van der Waals surface area contributed by atoms with Crippen LogP contribution in [0.1, 0.15) is 47.0 Å². The molecule has 90 valence electrons. The summed E-state index contributed by atoms with van der Waals surface area (Å²) in [7, 11) is 0. The van der Waals surface area contributed by atoms with Crippen molar-refractivity contribution in [2.45, 2.75) is 58.5 Å². The van der Waals surface area contributed by atoms with Gasteiger partial charge in [-0.1, -0.05) is 19.8 Å². The molecule has 0 saturated carbocycles. The lowest BCUT2D eigenvalue weighted by Gasteiger charge is -2.23. The molecule has 0 heterocycles. The minimum atomic E-state index is -0.200. The number of nitrogens with one attached hydrogen (secondary N) is 2. The highest BCUT2D eigenvalue weighted by molar-refractivity contribution is 5.74. The Kier molecular flexibility index (Phi) is 6.32. The first kappa shape index (κ1) is 14.2. The van der Waals surface area contributed by atoms with E-state index in [-0.39, 0.29) is 17.6 Å². The predicted octanol–water partition coefficient (Wildman–Crippen LogP) is 1.60. The maximum Gasteiger partial charge on any atom is 0.315 e. The van der Waals surface area contributed by atoms with Crippen LogP contribution in [0.15, 0.2) is 0 Å². The average Bonchev–Trinajstić information content (AvgIpc) is 2.09. The molecule has 0 bridgehead atoms. The van der Waals surface area contributed by atoms with E-state index in [0.29, 0.717) is 6.54 Å². The fourth-order valence-electron chi connectivity index (χ4n) is 1.26. The van der Waals surface area contributed by atoms with Gasteiger partial charge in [0.05, 0.1) is 0 Å². The highest BCUT2D eigenvalue weighted by Gasteiger charge is 2.15. The lowest BCUT2D eigenvalue weighted by atomic mass is 10.1. The van der Waals surface area contributed by atoms with Crippen molar-refractivity contribution < 1.29 is 4.79 Å². The molecule has 0 aliphatic rings. The van der Waals surface area contributed by atoms with Gasteiger partial charge in [-0.2, -0.15) is 0 Å². The Morgan fingerprint density at radius 2 is 2.00 bits per heavy atom. The first-order chi connectivity index (χ1) is 6.89. The van der Waals surface area contributed by atoms with Gasteiger partial charge < -0.3 is 16.4 Å². The van der Waals surface area contributed by atoms with E-state index in [4.69, 9.17) is 5.73 Å². The number of hydrogen-bond acceptors (Lipinski definition) is 2. The fourth-order valence-corrected chi connectivity index (χ4v) is 1.26. The van der Waals surface area contributed by atoms with Crippen molar-refractivity contribution in [3.05, 3.63) is 0 Å². The summed E-state index contributed by atoms with van der Waals surface area (Å²) in [5.41, 5.74) is 5.38. The Morgan fingerprint density at radius 3 is 2.40 bits per heavy atom. The first-order valence-corrected chi connectivity index (χ1v) is 5.67. The lowest BCUT2D eigenvalue weighted by molar-refractivity contribution is 0.227. The average molecular weight is 215 g/mol. The molecule has 0 aliphatic carbocycles. The van der Waals surface area contributed by atoms with Crippen LogP contribution in [0, 0.1) is 0 Å². The SMILES string of the molecule is CCCCC(CN)NC(=O)NC(C)(C)C. The maximum absolute atomic E-state index is 11.5. The molecular formula is C11H25N3O. The smallest absolute Gasteiger partial charge is 0.315 e. The number of carbonyl (C=O) groups is 1. The van der Waals surface area contributed by atoms with Crippen LogP contribution in [-0.4, -0.2) is 24.2 Å². The lowest BCUT2D eigenvalue weighted by Crippen LogP contribution is -2.51. The molecule has 1 unspecified atom stereocenters. The number of amides is 2. The number of nitrogens with two attached hydrogens (primary N) is 1. The van der Waals surface area contributed by atoms with Crippen molar-refractivity contribution in [3.63, 3.8) is 0 Å². The van der Waals surface area contributed by atoms with Crippen LogP contribution in [0.25, 0.3) is 0 Å². The third-order valence-electron chi connectivity index (χ3n) is 2.01. The van der Waals surface area contributed by atoms with Crippen molar-refractivity contribution in [1.82, 2.24) is 10.6 Å². The van der Waals surface area contributed by atoms with E-state index < -0.39 is 0 Å². The summed E-state index contributed by atoms with van der Waals surface area (Å²) in [4.78, 5) is 11.5. The first-order valence-electron chi connectivity index (χ1n) is 5.67. The van der Waals surface area contributed by atoms with Gasteiger partial charge in [-0.05, 0) is 27.2 Å². The molecule has 0 aliphatic heterocycles. The van der Waals surface area contributed by atoms with Crippen molar-refractivity contribution >= 4 is 6.03 Å². The minimum Gasteiger partial charge on any atom is -0.334 e. The summed E-state index contributed by atoms with van der Waals surface area (Å²) in [6.07, 6.45) is 3.17. The molecule has 0 aromatic heterocycles. The zero-order valence-corrected chi connectivity index (χ0v) is 10.4. The second-order valence-corrected chi connectivity index (χ2v) is 4.92. The molecule has 1 atom stereocenters. The molecule has 0 spiro atoms. The summed E-state index contributed by atoms with van der Waals surface area (Å²) < 4.78 is 0. The monoisotopic (exact) mass is 215 g/mol. The molecule has 0 aromatic rings. The number of rotatable bonds is 5. The van der Waals surface area contributed by atoms with Crippen LogP contribution in [0.2, 0.25) is 0 Å². The highest BCUT2D eigenvalue weighted by atomic mass is 16.2. The van der Waals surface area contributed by atoms with Gasteiger partial charge in [-0.3, -0.25) is 0 Å². The molecule has 0 radical (unpaired) electrons. The second-order valence-electron chi connectivity index (χ2n) is 4.92. The van der Waals surface area contributed by atoms with E-state index in [0.717, 1.165) is 19.3 Å².